The van der Waals surface area contributed by atoms with Crippen molar-refractivity contribution in [2.24, 2.45) is 0 Å². The molecule has 0 aromatic heterocycles. The summed E-state index contributed by atoms with van der Waals surface area (Å²) in [5, 5.41) is 2.97. The highest BCUT2D eigenvalue weighted by molar-refractivity contribution is 5.33. The van der Waals surface area contributed by atoms with Gasteiger partial charge in [0.25, 0.3) is 0 Å². The molecular formula is C14H17F4N. The van der Waals surface area contributed by atoms with Crippen molar-refractivity contribution < 1.29 is 17.6 Å². The largest absolute Gasteiger partial charge is 0.419 e. The predicted octanol–water partition coefficient (Wildman–Crippen LogP) is 4.46. The topological polar surface area (TPSA) is 12.0 Å². The molecule has 0 saturated heterocycles. The van der Waals surface area contributed by atoms with E-state index in [-0.39, 0.29) is 5.56 Å². The molecule has 0 heterocycles. The lowest BCUT2D eigenvalue weighted by Gasteiger charge is -2.18. The van der Waals surface area contributed by atoms with Gasteiger partial charge in [0.15, 0.2) is 0 Å². The van der Waals surface area contributed by atoms with Gasteiger partial charge in [-0.1, -0.05) is 30.7 Å². The third-order valence-electron chi connectivity index (χ3n) is 2.59. The summed E-state index contributed by atoms with van der Waals surface area (Å²) >= 11 is 0. The Kier molecular flexibility index (Phi) is 5.11. The van der Waals surface area contributed by atoms with Gasteiger partial charge >= 0.3 is 6.18 Å². The highest BCUT2D eigenvalue weighted by Crippen LogP contribution is 2.34. The maximum atomic E-state index is 14.0. The van der Waals surface area contributed by atoms with Crippen LogP contribution in [0.5, 0.6) is 0 Å². The minimum Gasteiger partial charge on any atom is -0.307 e. The van der Waals surface area contributed by atoms with E-state index in [9.17, 15) is 17.6 Å². The molecule has 1 nitrogen and oxygen atoms in total. The van der Waals surface area contributed by atoms with Crippen molar-refractivity contribution in [1.29, 1.82) is 0 Å². The Morgan fingerprint density at radius 2 is 1.95 bits per heavy atom. The summed E-state index contributed by atoms with van der Waals surface area (Å²) in [6.45, 7) is 5.98. The summed E-state index contributed by atoms with van der Waals surface area (Å²) in [4.78, 5) is 0. The van der Waals surface area contributed by atoms with E-state index < -0.39 is 23.6 Å². The highest BCUT2D eigenvalue weighted by atomic mass is 19.4. The van der Waals surface area contributed by atoms with Gasteiger partial charge in [0.2, 0.25) is 0 Å². The van der Waals surface area contributed by atoms with Crippen LogP contribution in [0.2, 0.25) is 0 Å². The maximum Gasteiger partial charge on any atom is 0.419 e. The number of nitrogens with one attached hydrogen (secondary N) is 1. The molecule has 1 atom stereocenters. The number of rotatable bonds is 4. The van der Waals surface area contributed by atoms with E-state index >= 15 is 0 Å². The average molecular weight is 275 g/mol. The number of likely N-dealkylation sites (N-methyl/N-ethyl adjacent to an activating group) is 1. The summed E-state index contributed by atoms with van der Waals surface area (Å²) in [7, 11) is 0. The van der Waals surface area contributed by atoms with Crippen molar-refractivity contribution in [2.45, 2.75) is 33.0 Å². The summed E-state index contributed by atoms with van der Waals surface area (Å²) in [5.74, 6) is -1.21. The van der Waals surface area contributed by atoms with Crippen LogP contribution in [0.25, 0.3) is 0 Å². The molecule has 0 radical (unpaired) electrons. The molecule has 1 N–H and O–H groups in total. The molecule has 19 heavy (non-hydrogen) atoms. The highest BCUT2D eigenvalue weighted by Gasteiger charge is 2.35. The summed E-state index contributed by atoms with van der Waals surface area (Å²) in [6, 6.07) is 2.80. The van der Waals surface area contributed by atoms with Crippen LogP contribution in [-0.4, -0.2) is 6.54 Å². The molecule has 5 heteroatoms. The molecule has 1 rings (SSSR count). The maximum absolute atomic E-state index is 14.0. The van der Waals surface area contributed by atoms with Crippen LogP contribution in [0.15, 0.2) is 29.8 Å². The predicted molar refractivity (Wildman–Crippen MR) is 67.3 cm³/mol. The van der Waals surface area contributed by atoms with Gasteiger partial charge in [-0.15, -0.1) is 0 Å². The Labute approximate surface area is 110 Å². The van der Waals surface area contributed by atoms with Crippen molar-refractivity contribution in [1.82, 2.24) is 5.32 Å². The Morgan fingerprint density at radius 1 is 1.32 bits per heavy atom. The molecule has 1 unspecified atom stereocenters. The minimum atomic E-state index is -4.68. The van der Waals surface area contributed by atoms with Gasteiger partial charge in [0.05, 0.1) is 11.6 Å². The standard InChI is InChI=1S/C14H17F4N/c1-4-19-12(8-9(2)3)10-6-5-7-11(13(10)15)14(16,17)18/h5-8,12,19H,4H2,1-3H3. The van der Waals surface area contributed by atoms with E-state index in [0.717, 1.165) is 11.6 Å². The number of alkyl halides is 3. The van der Waals surface area contributed by atoms with Gasteiger partial charge in [0, 0.05) is 5.56 Å². The monoisotopic (exact) mass is 275 g/mol. The van der Waals surface area contributed by atoms with Crippen molar-refractivity contribution in [2.75, 3.05) is 6.54 Å². The number of hydrogen-bond donors (Lipinski definition) is 1. The molecular weight excluding hydrogens is 258 g/mol. The zero-order valence-electron chi connectivity index (χ0n) is 11.1. The molecule has 0 aliphatic rings. The summed E-state index contributed by atoms with van der Waals surface area (Å²) in [6.07, 6.45) is -2.97. The van der Waals surface area contributed by atoms with Crippen molar-refractivity contribution in [3.05, 3.63) is 46.8 Å². The third kappa shape index (κ3) is 4.06. The number of allylic oxidation sites excluding steroid dienone is 1. The van der Waals surface area contributed by atoms with Gasteiger partial charge in [0.1, 0.15) is 5.82 Å². The lowest BCUT2D eigenvalue weighted by Crippen LogP contribution is -2.22. The Balaban J connectivity index is 3.29. The Hall–Kier alpha value is -1.36. The van der Waals surface area contributed by atoms with E-state index in [1.54, 1.807) is 6.08 Å². The molecule has 106 valence electrons. The van der Waals surface area contributed by atoms with Crippen LogP contribution < -0.4 is 5.32 Å². The Bertz CT molecular complexity index is 459. The fourth-order valence-corrected chi connectivity index (χ4v) is 1.82. The van der Waals surface area contributed by atoms with Crippen LogP contribution in [0.1, 0.15) is 37.9 Å². The normalized spacial score (nSPS) is 13.2. The second-order valence-electron chi connectivity index (χ2n) is 4.49. The van der Waals surface area contributed by atoms with Crippen molar-refractivity contribution in [3.8, 4) is 0 Å². The van der Waals surface area contributed by atoms with E-state index in [1.807, 2.05) is 20.8 Å². The lowest BCUT2D eigenvalue weighted by molar-refractivity contribution is -0.140. The number of hydrogen-bond acceptors (Lipinski definition) is 1. The van der Waals surface area contributed by atoms with Crippen LogP contribution in [0.4, 0.5) is 17.6 Å². The van der Waals surface area contributed by atoms with Gasteiger partial charge < -0.3 is 5.32 Å². The molecule has 0 amide bonds. The second-order valence-corrected chi connectivity index (χ2v) is 4.49. The summed E-state index contributed by atoms with van der Waals surface area (Å²) in [5.41, 5.74) is -0.310. The third-order valence-corrected chi connectivity index (χ3v) is 2.59. The van der Waals surface area contributed by atoms with E-state index in [0.29, 0.717) is 6.54 Å². The molecule has 1 aromatic carbocycles. The second kappa shape index (κ2) is 6.19. The smallest absolute Gasteiger partial charge is 0.307 e. The van der Waals surface area contributed by atoms with Gasteiger partial charge in [-0.25, -0.2) is 4.39 Å². The van der Waals surface area contributed by atoms with Gasteiger partial charge in [-0.05, 0) is 26.5 Å². The fraction of sp³-hybridized carbons (Fsp3) is 0.429. The lowest BCUT2D eigenvalue weighted by atomic mass is 10.0. The van der Waals surface area contributed by atoms with Crippen LogP contribution in [0, 0.1) is 5.82 Å². The van der Waals surface area contributed by atoms with Crippen LogP contribution in [0.3, 0.4) is 0 Å². The first-order valence-corrected chi connectivity index (χ1v) is 6.01. The zero-order valence-corrected chi connectivity index (χ0v) is 11.1. The molecule has 0 spiro atoms. The van der Waals surface area contributed by atoms with Crippen LogP contribution in [-0.2, 0) is 6.18 Å². The minimum absolute atomic E-state index is 0.0119. The van der Waals surface area contributed by atoms with Crippen molar-refractivity contribution >= 4 is 0 Å². The average Bonchev–Trinajstić information content (AvgIpc) is 2.26. The first-order chi connectivity index (χ1) is 8.77. The number of halogens is 4. The van der Waals surface area contributed by atoms with Gasteiger partial charge in [-0.2, -0.15) is 13.2 Å². The van der Waals surface area contributed by atoms with Crippen LogP contribution >= 0.6 is 0 Å². The first kappa shape index (κ1) is 15.7. The van der Waals surface area contributed by atoms with E-state index in [2.05, 4.69) is 5.32 Å². The number of benzene rings is 1. The first-order valence-electron chi connectivity index (χ1n) is 6.01. The van der Waals surface area contributed by atoms with Gasteiger partial charge in [-0.3, -0.25) is 0 Å². The molecule has 1 aromatic rings. The SMILES string of the molecule is CCNC(C=C(C)C)c1cccc(C(F)(F)F)c1F. The van der Waals surface area contributed by atoms with Crippen molar-refractivity contribution in [3.63, 3.8) is 0 Å². The Morgan fingerprint density at radius 3 is 2.42 bits per heavy atom. The zero-order chi connectivity index (χ0) is 14.6. The fourth-order valence-electron chi connectivity index (χ4n) is 1.82. The molecule has 0 fully saturated rings. The molecule has 0 saturated carbocycles. The summed E-state index contributed by atoms with van der Waals surface area (Å²) < 4.78 is 52.0. The molecule has 0 bridgehead atoms. The molecule has 0 aliphatic carbocycles. The van der Waals surface area contributed by atoms with E-state index in [4.69, 9.17) is 0 Å². The van der Waals surface area contributed by atoms with E-state index in [1.165, 1.54) is 12.1 Å². The quantitative estimate of drug-likeness (QED) is 0.632. The molecule has 0 aliphatic heterocycles.